The van der Waals surface area contributed by atoms with Crippen LogP contribution in [0.25, 0.3) is 33.2 Å². The SMILES string of the molecule is ClC1=NC(c2ccccc2)=N/C(c2ccc3c4ccccc4n(-c4ccccc4)c3c2)=C\CC1. The Bertz CT molecular complexity index is 1590. The second-order valence-electron chi connectivity index (χ2n) is 8.34. The molecule has 0 amide bonds. The van der Waals surface area contributed by atoms with Crippen LogP contribution in [0.3, 0.4) is 0 Å². The molecule has 0 saturated heterocycles. The summed E-state index contributed by atoms with van der Waals surface area (Å²) < 4.78 is 2.33. The first-order chi connectivity index (χ1) is 16.8. The molecule has 0 saturated carbocycles. The lowest BCUT2D eigenvalue weighted by Gasteiger charge is -2.11. The van der Waals surface area contributed by atoms with E-state index < -0.39 is 0 Å². The van der Waals surface area contributed by atoms with Crippen LogP contribution in [0, 0.1) is 0 Å². The Labute approximate surface area is 203 Å². The van der Waals surface area contributed by atoms with Crippen molar-refractivity contribution in [1.82, 2.24) is 4.57 Å². The number of hydrogen-bond donors (Lipinski definition) is 0. The summed E-state index contributed by atoms with van der Waals surface area (Å²) in [6.45, 7) is 0. The normalized spacial score (nSPS) is 15.9. The largest absolute Gasteiger partial charge is 0.309 e. The van der Waals surface area contributed by atoms with Crippen LogP contribution in [0.4, 0.5) is 0 Å². The van der Waals surface area contributed by atoms with Crippen molar-refractivity contribution < 1.29 is 0 Å². The number of allylic oxidation sites excluding steroid dienone is 1. The first kappa shape index (κ1) is 20.6. The Morgan fingerprint density at radius 2 is 1.35 bits per heavy atom. The highest BCUT2D eigenvalue weighted by Crippen LogP contribution is 2.34. The van der Waals surface area contributed by atoms with Crippen LogP contribution in [0.2, 0.25) is 0 Å². The third kappa shape index (κ3) is 3.74. The molecule has 164 valence electrons. The Kier molecular flexibility index (Phi) is 5.32. The predicted molar refractivity (Wildman–Crippen MR) is 144 cm³/mol. The molecule has 0 fully saturated rings. The minimum absolute atomic E-state index is 0.581. The van der Waals surface area contributed by atoms with E-state index in [1.807, 2.05) is 36.4 Å². The fourth-order valence-corrected chi connectivity index (χ4v) is 4.76. The van der Waals surface area contributed by atoms with Crippen molar-refractivity contribution in [2.45, 2.75) is 12.8 Å². The average Bonchev–Trinajstić information content (AvgIpc) is 3.21. The molecule has 1 aliphatic rings. The summed E-state index contributed by atoms with van der Waals surface area (Å²) in [5.74, 6) is 0.639. The molecule has 4 heteroatoms. The van der Waals surface area contributed by atoms with Crippen molar-refractivity contribution in [3.63, 3.8) is 0 Å². The molecule has 1 aromatic heterocycles. The van der Waals surface area contributed by atoms with E-state index in [1.165, 1.54) is 16.3 Å². The lowest BCUT2D eigenvalue weighted by atomic mass is 10.1. The van der Waals surface area contributed by atoms with E-state index in [0.29, 0.717) is 17.4 Å². The number of fused-ring (bicyclic) bond motifs is 3. The second kappa shape index (κ2) is 8.77. The van der Waals surface area contributed by atoms with Crippen molar-refractivity contribution in [2.24, 2.45) is 9.98 Å². The number of aliphatic imine (C=N–C) groups is 2. The molecule has 3 nitrogen and oxygen atoms in total. The summed E-state index contributed by atoms with van der Waals surface area (Å²) in [6, 6.07) is 35.7. The van der Waals surface area contributed by atoms with Crippen molar-refractivity contribution >= 4 is 50.1 Å². The van der Waals surface area contributed by atoms with Gasteiger partial charge in [0.05, 0.1) is 16.7 Å². The Morgan fingerprint density at radius 3 is 2.18 bits per heavy atom. The minimum atomic E-state index is 0.581. The summed E-state index contributed by atoms with van der Waals surface area (Å²) >= 11 is 6.38. The average molecular weight is 460 g/mol. The van der Waals surface area contributed by atoms with E-state index in [-0.39, 0.29) is 0 Å². The molecule has 0 spiro atoms. The van der Waals surface area contributed by atoms with Gasteiger partial charge in [0.1, 0.15) is 5.17 Å². The number of hydrogen-bond acceptors (Lipinski definition) is 2. The summed E-state index contributed by atoms with van der Waals surface area (Å²) in [6.07, 6.45) is 3.66. The topological polar surface area (TPSA) is 29.6 Å². The number of nitrogens with zero attached hydrogens (tertiary/aromatic N) is 3. The molecule has 0 atom stereocenters. The van der Waals surface area contributed by atoms with Crippen molar-refractivity contribution in [1.29, 1.82) is 0 Å². The van der Waals surface area contributed by atoms with Crippen LogP contribution < -0.4 is 0 Å². The monoisotopic (exact) mass is 459 g/mol. The van der Waals surface area contributed by atoms with E-state index in [9.17, 15) is 0 Å². The smallest absolute Gasteiger partial charge is 0.161 e. The number of rotatable bonds is 3. The predicted octanol–water partition coefficient (Wildman–Crippen LogP) is 8.00. The first-order valence-corrected chi connectivity index (χ1v) is 11.8. The van der Waals surface area contributed by atoms with Crippen LogP contribution in [-0.2, 0) is 0 Å². The fraction of sp³-hybridized carbons (Fsp3) is 0.0667. The van der Waals surface area contributed by atoms with Gasteiger partial charge in [-0.2, -0.15) is 0 Å². The zero-order chi connectivity index (χ0) is 22.9. The molecule has 0 bridgehead atoms. The van der Waals surface area contributed by atoms with Crippen LogP contribution in [-0.4, -0.2) is 15.6 Å². The highest BCUT2D eigenvalue weighted by molar-refractivity contribution is 6.66. The number of amidine groups is 1. The summed E-state index contributed by atoms with van der Waals surface area (Å²) in [4.78, 5) is 9.62. The maximum atomic E-state index is 6.38. The van der Waals surface area contributed by atoms with Crippen LogP contribution >= 0.6 is 11.6 Å². The molecule has 34 heavy (non-hydrogen) atoms. The minimum Gasteiger partial charge on any atom is -0.309 e. The Hall–Kier alpha value is -3.95. The molecule has 4 aromatic carbocycles. The molecule has 6 rings (SSSR count). The second-order valence-corrected chi connectivity index (χ2v) is 8.77. The molecule has 5 aromatic rings. The lowest BCUT2D eigenvalue weighted by molar-refractivity contribution is 1.10. The van der Waals surface area contributed by atoms with Gasteiger partial charge in [0.15, 0.2) is 5.84 Å². The maximum Gasteiger partial charge on any atom is 0.161 e. The summed E-state index contributed by atoms with van der Waals surface area (Å²) in [5, 5.41) is 3.05. The molecule has 1 aliphatic heterocycles. The van der Waals surface area contributed by atoms with Gasteiger partial charge in [-0.1, -0.05) is 96.5 Å². The van der Waals surface area contributed by atoms with Gasteiger partial charge in [-0.15, -0.1) is 0 Å². The van der Waals surface area contributed by atoms with Crippen LogP contribution in [0.1, 0.15) is 24.0 Å². The van der Waals surface area contributed by atoms with E-state index in [2.05, 4.69) is 82.4 Å². The van der Waals surface area contributed by atoms with Gasteiger partial charge in [0.25, 0.3) is 0 Å². The molecule has 0 unspecified atom stereocenters. The van der Waals surface area contributed by atoms with Gasteiger partial charge >= 0.3 is 0 Å². The quantitative estimate of drug-likeness (QED) is 0.261. The molecule has 0 aliphatic carbocycles. The molecule has 0 N–H and O–H groups in total. The van der Waals surface area contributed by atoms with Gasteiger partial charge in [0.2, 0.25) is 0 Å². The number of aromatic nitrogens is 1. The van der Waals surface area contributed by atoms with E-state index in [0.717, 1.165) is 34.4 Å². The van der Waals surface area contributed by atoms with Gasteiger partial charge < -0.3 is 4.57 Å². The number of para-hydroxylation sites is 2. The molecule has 0 radical (unpaired) electrons. The standard InChI is InChI=1S/C30H22ClN3/c31-29-17-9-15-26(32-30(33-29)21-10-3-1-4-11-21)22-18-19-25-24-14-7-8-16-27(24)34(28(25)20-22)23-12-5-2-6-13-23/h1-8,10-16,18-20H,9,17H2/b26-15-,32-30?,33-29?. The number of benzene rings is 4. The number of halogens is 1. The molecule has 2 heterocycles. The maximum absolute atomic E-state index is 6.38. The summed E-state index contributed by atoms with van der Waals surface area (Å²) in [7, 11) is 0. The Morgan fingerprint density at radius 1 is 0.647 bits per heavy atom. The molecular weight excluding hydrogens is 438 g/mol. The van der Waals surface area contributed by atoms with Gasteiger partial charge in [0, 0.05) is 34.0 Å². The Balaban J connectivity index is 1.57. The van der Waals surface area contributed by atoms with Crippen LogP contribution in [0.5, 0.6) is 0 Å². The molecular formula is C30H22ClN3. The zero-order valence-corrected chi connectivity index (χ0v) is 19.3. The van der Waals surface area contributed by atoms with Gasteiger partial charge in [-0.3, -0.25) is 0 Å². The first-order valence-electron chi connectivity index (χ1n) is 11.4. The van der Waals surface area contributed by atoms with Crippen molar-refractivity contribution in [3.05, 3.63) is 120 Å². The van der Waals surface area contributed by atoms with E-state index in [1.54, 1.807) is 0 Å². The van der Waals surface area contributed by atoms with Gasteiger partial charge in [-0.05, 0) is 30.7 Å². The van der Waals surface area contributed by atoms with E-state index in [4.69, 9.17) is 16.6 Å². The van der Waals surface area contributed by atoms with Crippen molar-refractivity contribution in [2.75, 3.05) is 0 Å². The van der Waals surface area contributed by atoms with Crippen LogP contribution in [0.15, 0.2) is 119 Å². The third-order valence-corrected chi connectivity index (χ3v) is 6.43. The zero-order valence-electron chi connectivity index (χ0n) is 18.5. The fourth-order valence-electron chi connectivity index (χ4n) is 4.57. The highest BCUT2D eigenvalue weighted by Gasteiger charge is 2.15. The van der Waals surface area contributed by atoms with Crippen molar-refractivity contribution in [3.8, 4) is 5.69 Å². The third-order valence-electron chi connectivity index (χ3n) is 6.16. The summed E-state index contributed by atoms with van der Waals surface area (Å²) in [5.41, 5.74) is 6.42. The van der Waals surface area contributed by atoms with E-state index >= 15 is 0 Å². The highest BCUT2D eigenvalue weighted by atomic mass is 35.5. The lowest BCUT2D eigenvalue weighted by Crippen LogP contribution is -2.04. The van der Waals surface area contributed by atoms with Gasteiger partial charge in [-0.25, -0.2) is 9.98 Å².